The van der Waals surface area contributed by atoms with Crippen LogP contribution in [0.2, 0.25) is 5.02 Å². The van der Waals surface area contributed by atoms with Crippen molar-refractivity contribution in [2.75, 3.05) is 31.1 Å². The van der Waals surface area contributed by atoms with Crippen molar-refractivity contribution in [2.45, 2.75) is 6.54 Å². The second kappa shape index (κ2) is 8.00. The molecule has 1 aliphatic heterocycles. The van der Waals surface area contributed by atoms with Gasteiger partial charge in [-0.25, -0.2) is 4.79 Å². The van der Waals surface area contributed by atoms with Gasteiger partial charge in [-0.1, -0.05) is 11.6 Å². The lowest BCUT2D eigenvalue weighted by Crippen LogP contribution is -2.50. The molecule has 4 rings (SSSR count). The Labute approximate surface area is 170 Å². The lowest BCUT2D eigenvalue weighted by atomic mass is 10.2. The summed E-state index contributed by atoms with van der Waals surface area (Å²) >= 11 is 5.93. The maximum atomic E-state index is 12.9. The molecule has 8 nitrogen and oxygen atoms in total. The van der Waals surface area contributed by atoms with Gasteiger partial charge in [0, 0.05) is 43.1 Å². The highest BCUT2D eigenvalue weighted by molar-refractivity contribution is 6.30. The topological polar surface area (TPSA) is 91.5 Å². The molecule has 29 heavy (non-hydrogen) atoms. The van der Waals surface area contributed by atoms with E-state index in [1.807, 2.05) is 24.3 Å². The Hall–Kier alpha value is -3.26. The summed E-state index contributed by atoms with van der Waals surface area (Å²) in [7, 11) is 0. The average Bonchev–Trinajstić information content (AvgIpc) is 3.25. The van der Waals surface area contributed by atoms with Crippen LogP contribution in [0.3, 0.4) is 0 Å². The van der Waals surface area contributed by atoms with Gasteiger partial charge >= 0.3 is 5.69 Å². The van der Waals surface area contributed by atoms with Gasteiger partial charge in [0.05, 0.1) is 12.8 Å². The number of nitrogens with zero attached hydrogens (tertiary/aromatic N) is 3. The summed E-state index contributed by atoms with van der Waals surface area (Å²) < 4.78 is 6.17. The largest absolute Gasteiger partial charge is 0.467 e. The number of nitrogens with one attached hydrogen (secondary N) is 1. The smallest absolute Gasteiger partial charge is 0.328 e. The Bertz CT molecular complexity index is 1110. The molecule has 0 bridgehead atoms. The number of H-pyrrole nitrogens is 1. The van der Waals surface area contributed by atoms with Gasteiger partial charge in [-0.05, 0) is 36.4 Å². The number of amides is 1. The molecule has 0 atom stereocenters. The summed E-state index contributed by atoms with van der Waals surface area (Å²) in [4.78, 5) is 44.0. The molecular formula is C20H19ClN4O4. The molecular weight excluding hydrogens is 396 g/mol. The molecule has 9 heteroatoms. The summed E-state index contributed by atoms with van der Waals surface area (Å²) in [6.45, 7) is 2.18. The number of anilines is 1. The minimum Gasteiger partial charge on any atom is -0.467 e. The van der Waals surface area contributed by atoms with Crippen LogP contribution in [0.15, 0.2) is 62.9 Å². The number of aromatic amines is 1. The van der Waals surface area contributed by atoms with Crippen LogP contribution in [0.1, 0.15) is 16.1 Å². The third kappa shape index (κ3) is 3.97. The van der Waals surface area contributed by atoms with E-state index in [1.54, 1.807) is 17.0 Å². The average molecular weight is 415 g/mol. The highest BCUT2D eigenvalue weighted by Crippen LogP contribution is 2.19. The van der Waals surface area contributed by atoms with Crippen molar-refractivity contribution in [1.82, 2.24) is 14.5 Å². The molecule has 150 valence electrons. The fourth-order valence-corrected chi connectivity index (χ4v) is 3.48. The number of carbonyl (C=O) groups is 1. The van der Waals surface area contributed by atoms with Crippen molar-refractivity contribution in [3.63, 3.8) is 0 Å². The van der Waals surface area contributed by atoms with Gasteiger partial charge in [-0.3, -0.25) is 14.2 Å². The molecule has 0 aliphatic carbocycles. The number of halogens is 1. The van der Waals surface area contributed by atoms with E-state index in [2.05, 4.69) is 9.88 Å². The molecule has 0 saturated carbocycles. The summed E-state index contributed by atoms with van der Waals surface area (Å²) in [5.74, 6) is 0.0639. The quantitative estimate of drug-likeness (QED) is 0.702. The van der Waals surface area contributed by atoms with E-state index in [0.29, 0.717) is 37.0 Å². The molecule has 1 saturated heterocycles. The first-order valence-electron chi connectivity index (χ1n) is 9.17. The first-order valence-corrected chi connectivity index (χ1v) is 9.55. The zero-order chi connectivity index (χ0) is 20.4. The Morgan fingerprint density at radius 2 is 1.79 bits per heavy atom. The zero-order valence-corrected chi connectivity index (χ0v) is 16.3. The third-order valence-electron chi connectivity index (χ3n) is 4.94. The van der Waals surface area contributed by atoms with E-state index >= 15 is 0 Å². The van der Waals surface area contributed by atoms with Crippen molar-refractivity contribution < 1.29 is 9.21 Å². The van der Waals surface area contributed by atoms with E-state index < -0.39 is 17.2 Å². The molecule has 2 aromatic heterocycles. The van der Waals surface area contributed by atoms with Crippen molar-refractivity contribution in [3.05, 3.63) is 86.0 Å². The van der Waals surface area contributed by atoms with Gasteiger partial charge in [0.25, 0.3) is 11.5 Å². The molecule has 3 heterocycles. The van der Waals surface area contributed by atoms with Crippen molar-refractivity contribution in [2.24, 2.45) is 0 Å². The van der Waals surface area contributed by atoms with E-state index in [1.165, 1.54) is 12.5 Å². The van der Waals surface area contributed by atoms with Crippen LogP contribution < -0.4 is 16.1 Å². The Balaban J connectivity index is 1.49. The Kier molecular flexibility index (Phi) is 5.26. The van der Waals surface area contributed by atoms with Crippen LogP contribution in [0, 0.1) is 0 Å². The van der Waals surface area contributed by atoms with Crippen LogP contribution in [0.4, 0.5) is 5.69 Å². The number of furan rings is 1. The van der Waals surface area contributed by atoms with Gasteiger partial charge < -0.3 is 19.2 Å². The Morgan fingerprint density at radius 3 is 2.45 bits per heavy atom. The molecule has 0 spiro atoms. The lowest BCUT2D eigenvalue weighted by Gasteiger charge is -2.36. The second-order valence-electron chi connectivity index (χ2n) is 6.73. The predicted molar refractivity (Wildman–Crippen MR) is 109 cm³/mol. The maximum absolute atomic E-state index is 12.9. The van der Waals surface area contributed by atoms with Crippen LogP contribution in [0.25, 0.3) is 0 Å². The molecule has 1 N–H and O–H groups in total. The minimum absolute atomic E-state index is 0.0351. The number of rotatable bonds is 4. The highest BCUT2D eigenvalue weighted by Gasteiger charge is 2.25. The number of hydrogen-bond acceptors (Lipinski definition) is 5. The van der Waals surface area contributed by atoms with Crippen LogP contribution in [-0.2, 0) is 6.54 Å². The van der Waals surface area contributed by atoms with Crippen LogP contribution in [-0.4, -0.2) is 46.5 Å². The zero-order valence-electron chi connectivity index (χ0n) is 15.5. The number of aromatic nitrogens is 2. The van der Waals surface area contributed by atoms with Gasteiger partial charge in [-0.2, -0.15) is 0 Å². The molecule has 0 radical (unpaired) electrons. The van der Waals surface area contributed by atoms with Crippen LogP contribution in [0.5, 0.6) is 0 Å². The van der Waals surface area contributed by atoms with Gasteiger partial charge in [0.15, 0.2) is 0 Å². The molecule has 3 aromatic rings. The van der Waals surface area contributed by atoms with Gasteiger partial charge in [0.1, 0.15) is 11.3 Å². The number of piperazine rings is 1. The first kappa shape index (κ1) is 19.1. The van der Waals surface area contributed by atoms with E-state index in [4.69, 9.17) is 16.0 Å². The molecule has 1 amide bonds. The minimum atomic E-state index is -0.629. The number of benzene rings is 1. The first-order chi connectivity index (χ1) is 14.0. The van der Waals surface area contributed by atoms with Gasteiger partial charge in [0.2, 0.25) is 0 Å². The van der Waals surface area contributed by atoms with Crippen LogP contribution >= 0.6 is 11.6 Å². The van der Waals surface area contributed by atoms with E-state index in [9.17, 15) is 14.4 Å². The van der Waals surface area contributed by atoms with Crippen molar-refractivity contribution in [3.8, 4) is 0 Å². The standard InChI is InChI=1S/C20H19ClN4O4/c21-14-3-5-15(6-4-14)23-7-9-24(10-8-23)18(26)17-12-22-20(28)25(19(17)27)13-16-2-1-11-29-16/h1-6,11-12H,7-10,13H2,(H,22,28). The maximum Gasteiger partial charge on any atom is 0.328 e. The molecule has 1 aliphatic rings. The molecule has 1 fully saturated rings. The van der Waals surface area contributed by atoms with E-state index in [-0.39, 0.29) is 12.1 Å². The highest BCUT2D eigenvalue weighted by atomic mass is 35.5. The van der Waals surface area contributed by atoms with Crippen molar-refractivity contribution >= 4 is 23.2 Å². The fraction of sp³-hybridized carbons (Fsp3) is 0.250. The number of carbonyl (C=O) groups excluding carboxylic acids is 1. The lowest BCUT2D eigenvalue weighted by molar-refractivity contribution is 0.0743. The molecule has 0 unspecified atom stereocenters. The summed E-state index contributed by atoms with van der Waals surface area (Å²) in [6, 6.07) is 10.9. The monoisotopic (exact) mass is 414 g/mol. The number of hydrogen-bond donors (Lipinski definition) is 1. The van der Waals surface area contributed by atoms with Crippen molar-refractivity contribution in [1.29, 1.82) is 0 Å². The van der Waals surface area contributed by atoms with E-state index in [0.717, 1.165) is 10.3 Å². The third-order valence-corrected chi connectivity index (χ3v) is 5.20. The second-order valence-corrected chi connectivity index (χ2v) is 7.17. The predicted octanol–water partition coefficient (Wildman–Crippen LogP) is 1.79. The SMILES string of the molecule is O=C(c1c[nH]c(=O)n(Cc2ccco2)c1=O)N1CCN(c2ccc(Cl)cc2)CC1. The molecule has 1 aromatic carbocycles. The summed E-state index contributed by atoms with van der Waals surface area (Å²) in [5.41, 5.74) is -0.242. The Morgan fingerprint density at radius 1 is 1.07 bits per heavy atom. The summed E-state index contributed by atoms with van der Waals surface area (Å²) in [5, 5.41) is 0.673. The van der Waals surface area contributed by atoms with Gasteiger partial charge in [-0.15, -0.1) is 0 Å². The summed E-state index contributed by atoms with van der Waals surface area (Å²) in [6.07, 6.45) is 2.65. The fourth-order valence-electron chi connectivity index (χ4n) is 3.36. The normalized spacial score (nSPS) is 14.2.